The summed E-state index contributed by atoms with van der Waals surface area (Å²) < 4.78 is 9.58. The number of aliphatic hydroxyl groups excluding tert-OH is 2. The van der Waals surface area contributed by atoms with Crippen LogP contribution in [-0.4, -0.2) is 53.6 Å². The van der Waals surface area contributed by atoms with Crippen molar-refractivity contribution in [2.75, 3.05) is 19.8 Å². The van der Waals surface area contributed by atoms with E-state index in [1.807, 2.05) is 6.92 Å². The fourth-order valence-electron chi connectivity index (χ4n) is 1.21. The molecule has 0 aromatic heterocycles. The van der Waals surface area contributed by atoms with E-state index in [1.54, 1.807) is 0 Å². The van der Waals surface area contributed by atoms with E-state index in [0.717, 1.165) is 26.1 Å². The summed E-state index contributed by atoms with van der Waals surface area (Å²) in [6, 6.07) is 0. The first-order chi connectivity index (χ1) is 7.17. The summed E-state index contributed by atoms with van der Waals surface area (Å²) in [5, 5.41) is 25.7. The first-order valence-electron chi connectivity index (χ1n) is 5.37. The molecule has 0 saturated carbocycles. The molecule has 3 N–H and O–H groups in total. The van der Waals surface area contributed by atoms with Gasteiger partial charge in [-0.2, -0.15) is 0 Å². The van der Waals surface area contributed by atoms with Gasteiger partial charge < -0.3 is 24.8 Å². The molecule has 90 valence electrons. The van der Waals surface area contributed by atoms with Crippen LogP contribution in [0.5, 0.6) is 0 Å². The van der Waals surface area contributed by atoms with E-state index in [-0.39, 0.29) is 18.6 Å². The Labute approximate surface area is 89.6 Å². The third-order valence-corrected chi connectivity index (χ3v) is 2.52. The van der Waals surface area contributed by atoms with Gasteiger partial charge in [0, 0.05) is 5.92 Å². The summed E-state index contributed by atoms with van der Waals surface area (Å²) in [6.07, 6.45) is 0.905. The molecule has 0 bridgehead atoms. The molecule has 3 atom stereocenters. The standard InChI is InChI=1S/C7H14O3.C3H6O2/c1-2-5(7(8)9)3-6-4-10-6;4-1-3-2-5-3/h5-9H,2-4H2,1H3;3-4H,1-2H2. The second-order valence-electron chi connectivity index (χ2n) is 3.91. The fourth-order valence-corrected chi connectivity index (χ4v) is 1.21. The van der Waals surface area contributed by atoms with E-state index in [4.69, 9.17) is 20.1 Å². The summed E-state index contributed by atoms with van der Waals surface area (Å²) in [7, 11) is 0. The molecule has 2 saturated heterocycles. The van der Waals surface area contributed by atoms with Gasteiger partial charge >= 0.3 is 0 Å². The molecule has 0 aromatic rings. The van der Waals surface area contributed by atoms with Crippen LogP contribution in [0.2, 0.25) is 0 Å². The van der Waals surface area contributed by atoms with Crippen LogP contribution in [0.4, 0.5) is 0 Å². The molecule has 0 radical (unpaired) electrons. The normalized spacial score (nSPS) is 29.4. The summed E-state index contributed by atoms with van der Waals surface area (Å²) >= 11 is 0. The Kier molecular flexibility index (Phi) is 5.49. The molecule has 5 nitrogen and oxygen atoms in total. The van der Waals surface area contributed by atoms with Crippen molar-refractivity contribution >= 4 is 0 Å². The maximum absolute atomic E-state index is 8.79. The van der Waals surface area contributed by atoms with Gasteiger partial charge in [0.1, 0.15) is 6.10 Å². The largest absolute Gasteiger partial charge is 0.394 e. The molecule has 15 heavy (non-hydrogen) atoms. The third kappa shape index (κ3) is 6.06. The predicted molar refractivity (Wildman–Crippen MR) is 53.2 cm³/mol. The highest BCUT2D eigenvalue weighted by molar-refractivity contribution is 4.74. The van der Waals surface area contributed by atoms with Gasteiger partial charge in [-0.25, -0.2) is 0 Å². The monoisotopic (exact) mass is 220 g/mol. The fraction of sp³-hybridized carbons (Fsp3) is 1.00. The predicted octanol–water partition coefficient (Wildman–Crippen LogP) is -0.510. The maximum atomic E-state index is 8.79. The SMILES string of the molecule is CCC(CC1CO1)C(O)O.OCC1CO1. The number of ether oxygens (including phenoxy) is 2. The van der Waals surface area contributed by atoms with E-state index in [2.05, 4.69) is 4.74 Å². The van der Waals surface area contributed by atoms with Gasteiger partial charge in [-0.3, -0.25) is 0 Å². The van der Waals surface area contributed by atoms with Crippen LogP contribution in [0, 0.1) is 5.92 Å². The average Bonchev–Trinajstić information content (AvgIpc) is 3.06. The Morgan fingerprint density at radius 3 is 1.93 bits per heavy atom. The Hall–Kier alpha value is -0.200. The summed E-state index contributed by atoms with van der Waals surface area (Å²) in [6.45, 7) is 3.70. The smallest absolute Gasteiger partial charge is 0.154 e. The van der Waals surface area contributed by atoms with Crippen molar-refractivity contribution in [3.63, 3.8) is 0 Å². The molecule has 5 heteroatoms. The Morgan fingerprint density at radius 1 is 1.20 bits per heavy atom. The zero-order valence-corrected chi connectivity index (χ0v) is 9.00. The van der Waals surface area contributed by atoms with E-state index < -0.39 is 6.29 Å². The van der Waals surface area contributed by atoms with E-state index in [9.17, 15) is 0 Å². The molecule has 2 aliphatic heterocycles. The minimum absolute atomic E-state index is 0.00694. The van der Waals surface area contributed by atoms with Gasteiger partial charge in [0.2, 0.25) is 0 Å². The highest BCUT2D eigenvalue weighted by Crippen LogP contribution is 2.23. The number of epoxide rings is 2. The molecular formula is C10H20O5. The average molecular weight is 220 g/mol. The highest BCUT2D eigenvalue weighted by Gasteiger charge is 2.28. The number of aliphatic hydroxyl groups is 3. The van der Waals surface area contributed by atoms with Crippen LogP contribution in [0.1, 0.15) is 19.8 Å². The molecule has 0 spiro atoms. The van der Waals surface area contributed by atoms with E-state index in [0.29, 0.717) is 6.10 Å². The third-order valence-electron chi connectivity index (χ3n) is 2.52. The van der Waals surface area contributed by atoms with Crippen LogP contribution in [0.3, 0.4) is 0 Å². The Morgan fingerprint density at radius 2 is 1.73 bits per heavy atom. The Bertz CT molecular complexity index is 165. The first kappa shape index (κ1) is 12.9. The lowest BCUT2D eigenvalue weighted by Gasteiger charge is -2.14. The Balaban J connectivity index is 0.000000187. The zero-order chi connectivity index (χ0) is 11.3. The van der Waals surface area contributed by atoms with Crippen LogP contribution in [0.25, 0.3) is 0 Å². The van der Waals surface area contributed by atoms with Crippen molar-refractivity contribution in [2.24, 2.45) is 5.92 Å². The van der Waals surface area contributed by atoms with Crippen molar-refractivity contribution in [3.8, 4) is 0 Å². The van der Waals surface area contributed by atoms with Crippen LogP contribution in [0.15, 0.2) is 0 Å². The zero-order valence-electron chi connectivity index (χ0n) is 9.00. The molecule has 2 rings (SSSR count). The van der Waals surface area contributed by atoms with E-state index in [1.165, 1.54) is 0 Å². The molecule has 2 aliphatic rings. The molecule has 2 fully saturated rings. The van der Waals surface area contributed by atoms with E-state index >= 15 is 0 Å². The van der Waals surface area contributed by atoms with Crippen molar-refractivity contribution in [3.05, 3.63) is 0 Å². The van der Waals surface area contributed by atoms with Crippen molar-refractivity contribution in [1.82, 2.24) is 0 Å². The molecule has 0 aliphatic carbocycles. The van der Waals surface area contributed by atoms with Gasteiger partial charge in [0.25, 0.3) is 0 Å². The lowest BCUT2D eigenvalue weighted by Crippen LogP contribution is -2.20. The lowest BCUT2D eigenvalue weighted by atomic mass is 10.0. The molecule has 0 aromatic carbocycles. The number of hydrogen-bond acceptors (Lipinski definition) is 5. The van der Waals surface area contributed by atoms with Crippen LogP contribution in [-0.2, 0) is 9.47 Å². The van der Waals surface area contributed by atoms with Gasteiger partial charge in [-0.1, -0.05) is 6.92 Å². The van der Waals surface area contributed by atoms with Crippen LogP contribution >= 0.6 is 0 Å². The molecular weight excluding hydrogens is 200 g/mol. The van der Waals surface area contributed by atoms with Crippen molar-refractivity contribution in [1.29, 1.82) is 0 Å². The van der Waals surface area contributed by atoms with Crippen molar-refractivity contribution in [2.45, 2.75) is 38.3 Å². The second-order valence-corrected chi connectivity index (χ2v) is 3.91. The summed E-state index contributed by atoms with van der Waals surface area (Å²) in [5.74, 6) is -0.00694. The molecule has 2 heterocycles. The minimum Gasteiger partial charge on any atom is -0.394 e. The summed E-state index contributed by atoms with van der Waals surface area (Å²) in [5.41, 5.74) is 0. The lowest BCUT2D eigenvalue weighted by molar-refractivity contribution is -0.0881. The van der Waals surface area contributed by atoms with Gasteiger partial charge in [0.05, 0.1) is 25.9 Å². The first-order valence-corrected chi connectivity index (χ1v) is 5.37. The van der Waals surface area contributed by atoms with Gasteiger partial charge in [0.15, 0.2) is 6.29 Å². The van der Waals surface area contributed by atoms with Gasteiger partial charge in [-0.05, 0) is 12.8 Å². The quantitative estimate of drug-likeness (QED) is 0.429. The van der Waals surface area contributed by atoms with Crippen LogP contribution < -0.4 is 0 Å². The second kappa shape index (κ2) is 6.40. The highest BCUT2D eigenvalue weighted by atomic mass is 16.6. The molecule has 3 unspecified atom stereocenters. The molecule has 0 amide bonds. The topological polar surface area (TPSA) is 85.8 Å². The van der Waals surface area contributed by atoms with Crippen molar-refractivity contribution < 1.29 is 24.8 Å². The minimum atomic E-state index is -1.17. The summed E-state index contributed by atoms with van der Waals surface area (Å²) in [4.78, 5) is 0. The number of hydrogen-bond donors (Lipinski definition) is 3. The van der Waals surface area contributed by atoms with Gasteiger partial charge in [-0.15, -0.1) is 0 Å². The number of rotatable bonds is 5. The maximum Gasteiger partial charge on any atom is 0.154 e.